The van der Waals surface area contributed by atoms with Crippen molar-refractivity contribution in [2.75, 3.05) is 17.7 Å². The van der Waals surface area contributed by atoms with Crippen LogP contribution in [0.25, 0.3) is 0 Å². The van der Waals surface area contributed by atoms with Gasteiger partial charge in [0.05, 0.1) is 16.4 Å². The van der Waals surface area contributed by atoms with E-state index in [9.17, 15) is 9.90 Å². The number of urea groups is 1. The number of amides is 2. The van der Waals surface area contributed by atoms with Crippen molar-refractivity contribution in [3.63, 3.8) is 0 Å². The van der Waals surface area contributed by atoms with Crippen LogP contribution in [0.5, 0.6) is 11.5 Å². The molecule has 0 aliphatic heterocycles. The Kier molecular flexibility index (Phi) is 6.44. The topological polar surface area (TPSA) is 95.5 Å². The molecule has 144 valence electrons. The summed E-state index contributed by atoms with van der Waals surface area (Å²) in [5.74, 6) is 1.12. The highest BCUT2D eigenvalue weighted by molar-refractivity contribution is 6.33. The third-order valence-electron chi connectivity index (χ3n) is 3.78. The molecular weight excluding hydrogens is 380 g/mol. The summed E-state index contributed by atoms with van der Waals surface area (Å²) in [6, 6.07) is 16.8. The lowest BCUT2D eigenvalue weighted by molar-refractivity contribution is 0.144. The molecule has 0 aliphatic carbocycles. The maximum Gasteiger partial charge on any atom is 0.323 e. The molecule has 8 heteroatoms. The molecule has 3 aromatic rings. The molecule has 0 spiro atoms. The maximum absolute atomic E-state index is 12.1. The smallest absolute Gasteiger partial charge is 0.323 e. The summed E-state index contributed by atoms with van der Waals surface area (Å²) in [6.07, 6.45) is 0.687. The summed E-state index contributed by atoms with van der Waals surface area (Å²) >= 11 is 6.03. The van der Waals surface area contributed by atoms with Gasteiger partial charge in [-0.15, -0.1) is 0 Å². The minimum Gasteiger partial charge on any atom is -0.457 e. The van der Waals surface area contributed by atoms with E-state index in [2.05, 4.69) is 20.9 Å². The molecule has 0 saturated heterocycles. The molecule has 7 nitrogen and oxygen atoms in total. The van der Waals surface area contributed by atoms with Gasteiger partial charge >= 0.3 is 6.03 Å². The van der Waals surface area contributed by atoms with Crippen LogP contribution >= 0.6 is 11.6 Å². The van der Waals surface area contributed by atoms with Gasteiger partial charge < -0.3 is 20.5 Å². The van der Waals surface area contributed by atoms with E-state index in [1.165, 1.54) is 0 Å². The summed E-state index contributed by atoms with van der Waals surface area (Å²) in [4.78, 5) is 16.2. The molecule has 1 aromatic heterocycles. The van der Waals surface area contributed by atoms with Crippen LogP contribution < -0.4 is 20.7 Å². The van der Waals surface area contributed by atoms with Crippen molar-refractivity contribution < 1.29 is 14.6 Å². The monoisotopic (exact) mass is 398 g/mol. The minimum atomic E-state index is -0.869. The Balaban J connectivity index is 1.61. The summed E-state index contributed by atoms with van der Waals surface area (Å²) < 4.78 is 5.76. The van der Waals surface area contributed by atoms with Crippen molar-refractivity contribution >= 4 is 29.0 Å². The van der Waals surface area contributed by atoms with Crippen LogP contribution in [0.1, 0.15) is 11.9 Å². The van der Waals surface area contributed by atoms with Gasteiger partial charge in [0, 0.05) is 18.0 Å². The summed E-state index contributed by atoms with van der Waals surface area (Å²) in [5.41, 5.74) is 1.58. The predicted octanol–water partition coefficient (Wildman–Crippen LogP) is 4.38. The van der Waals surface area contributed by atoms with Gasteiger partial charge in [-0.1, -0.05) is 23.7 Å². The molecule has 0 aliphatic rings. The number of benzene rings is 2. The summed E-state index contributed by atoms with van der Waals surface area (Å²) in [7, 11) is 1.63. The van der Waals surface area contributed by atoms with Crippen molar-refractivity contribution in [2.45, 2.75) is 6.23 Å². The fourth-order valence-corrected chi connectivity index (χ4v) is 2.56. The first-order valence-corrected chi connectivity index (χ1v) is 8.84. The minimum absolute atomic E-state index is 0.401. The second-order valence-electron chi connectivity index (χ2n) is 5.79. The number of rotatable bonds is 6. The van der Waals surface area contributed by atoms with Crippen LogP contribution in [0, 0.1) is 0 Å². The van der Waals surface area contributed by atoms with Crippen molar-refractivity contribution in [1.82, 2.24) is 10.3 Å². The van der Waals surface area contributed by atoms with E-state index in [1.807, 2.05) is 0 Å². The van der Waals surface area contributed by atoms with Crippen LogP contribution in [-0.4, -0.2) is 23.2 Å². The molecule has 2 aromatic carbocycles. The maximum atomic E-state index is 12.1. The number of carbonyl (C=O) groups excluding carboxylic acids is 1. The number of pyridine rings is 1. The lowest BCUT2D eigenvalue weighted by Gasteiger charge is -2.12. The highest BCUT2D eigenvalue weighted by atomic mass is 35.5. The van der Waals surface area contributed by atoms with E-state index < -0.39 is 12.3 Å². The van der Waals surface area contributed by atoms with Crippen LogP contribution in [0.2, 0.25) is 5.02 Å². The highest BCUT2D eigenvalue weighted by Crippen LogP contribution is 2.25. The number of para-hydroxylation sites is 1. The van der Waals surface area contributed by atoms with Crippen LogP contribution in [-0.2, 0) is 0 Å². The zero-order valence-electron chi connectivity index (χ0n) is 15.0. The molecule has 2 amide bonds. The Morgan fingerprint density at radius 3 is 2.54 bits per heavy atom. The number of anilines is 2. The number of aromatic nitrogens is 1. The van der Waals surface area contributed by atoms with Gasteiger partial charge in [0.1, 0.15) is 17.7 Å². The number of hydrogen-bond donors (Lipinski definition) is 4. The van der Waals surface area contributed by atoms with Crippen molar-refractivity contribution in [1.29, 1.82) is 0 Å². The van der Waals surface area contributed by atoms with Gasteiger partial charge in [-0.2, -0.15) is 0 Å². The van der Waals surface area contributed by atoms with E-state index in [4.69, 9.17) is 16.3 Å². The number of aliphatic hydroxyl groups excluding tert-OH is 1. The van der Waals surface area contributed by atoms with Crippen LogP contribution in [0.3, 0.4) is 0 Å². The molecular formula is C20H19ClN4O3. The molecule has 1 atom stereocenters. The van der Waals surface area contributed by atoms with Gasteiger partial charge in [-0.3, -0.25) is 10.3 Å². The van der Waals surface area contributed by atoms with Gasteiger partial charge in [0.15, 0.2) is 0 Å². The van der Waals surface area contributed by atoms with E-state index in [1.54, 1.807) is 73.9 Å². The standard InChI is InChI=1S/C20H19ClN4O3/c1-22-19(26)18-12-15(10-11-23-18)28-14-8-6-13(7-9-14)24-20(27)25-17-5-3-2-4-16(17)21/h2-12,19,22,26H,1H3,(H2,24,25,27). The molecule has 0 fully saturated rings. The lowest BCUT2D eigenvalue weighted by atomic mass is 10.3. The zero-order chi connectivity index (χ0) is 19.9. The number of carbonyl (C=O) groups is 1. The van der Waals surface area contributed by atoms with Crippen molar-refractivity contribution in [3.05, 3.63) is 77.6 Å². The second-order valence-corrected chi connectivity index (χ2v) is 6.20. The molecule has 1 unspecified atom stereocenters. The van der Waals surface area contributed by atoms with E-state index in [-0.39, 0.29) is 0 Å². The Hall–Kier alpha value is -3.13. The van der Waals surface area contributed by atoms with Crippen LogP contribution in [0.15, 0.2) is 66.9 Å². The normalized spacial score (nSPS) is 11.5. The third kappa shape index (κ3) is 5.20. The molecule has 4 N–H and O–H groups in total. The Labute approximate surface area is 167 Å². The number of nitrogens with one attached hydrogen (secondary N) is 3. The Bertz CT molecular complexity index is 950. The zero-order valence-corrected chi connectivity index (χ0v) is 15.8. The molecule has 0 bridgehead atoms. The largest absolute Gasteiger partial charge is 0.457 e. The molecule has 28 heavy (non-hydrogen) atoms. The number of hydrogen-bond acceptors (Lipinski definition) is 5. The first-order valence-electron chi connectivity index (χ1n) is 8.47. The van der Waals surface area contributed by atoms with E-state index in [0.717, 1.165) is 0 Å². The molecule has 1 heterocycles. The fourth-order valence-electron chi connectivity index (χ4n) is 2.38. The Morgan fingerprint density at radius 1 is 1.07 bits per heavy atom. The van der Waals surface area contributed by atoms with Gasteiger partial charge in [0.2, 0.25) is 0 Å². The third-order valence-corrected chi connectivity index (χ3v) is 4.11. The van der Waals surface area contributed by atoms with Gasteiger partial charge in [0.25, 0.3) is 0 Å². The number of nitrogens with zero attached hydrogens (tertiary/aromatic N) is 1. The average molecular weight is 399 g/mol. The quantitative estimate of drug-likeness (QED) is 0.462. The fraction of sp³-hybridized carbons (Fsp3) is 0.100. The molecule has 0 saturated carbocycles. The van der Waals surface area contributed by atoms with Gasteiger partial charge in [-0.05, 0) is 49.5 Å². The van der Waals surface area contributed by atoms with Crippen molar-refractivity contribution in [2.24, 2.45) is 0 Å². The molecule has 3 rings (SSSR count). The highest BCUT2D eigenvalue weighted by Gasteiger charge is 2.08. The average Bonchev–Trinajstić information content (AvgIpc) is 2.71. The first-order chi connectivity index (χ1) is 13.5. The van der Waals surface area contributed by atoms with Crippen molar-refractivity contribution in [3.8, 4) is 11.5 Å². The lowest BCUT2D eigenvalue weighted by Crippen LogP contribution is -2.19. The SMILES string of the molecule is CNC(O)c1cc(Oc2ccc(NC(=O)Nc3ccccc3Cl)cc2)ccn1. The number of aliphatic hydroxyl groups is 1. The predicted molar refractivity (Wildman–Crippen MR) is 109 cm³/mol. The van der Waals surface area contributed by atoms with Gasteiger partial charge in [-0.25, -0.2) is 4.79 Å². The number of ether oxygens (including phenoxy) is 1. The van der Waals surface area contributed by atoms with E-state index >= 15 is 0 Å². The van der Waals surface area contributed by atoms with E-state index in [0.29, 0.717) is 33.6 Å². The number of halogens is 1. The summed E-state index contributed by atoms with van der Waals surface area (Å²) in [5, 5.41) is 18.4. The first kappa shape index (κ1) is 19.6. The second kappa shape index (κ2) is 9.18. The Morgan fingerprint density at radius 2 is 1.82 bits per heavy atom. The van der Waals surface area contributed by atoms with Crippen LogP contribution in [0.4, 0.5) is 16.2 Å². The summed E-state index contributed by atoms with van der Waals surface area (Å²) in [6.45, 7) is 0. The molecule has 0 radical (unpaired) electrons.